The average Bonchev–Trinajstić information content (AvgIpc) is 3.36. The SMILES string of the molecule is COc1cc(-c2nn3c(CN4C(=O)c5ccccc5C4=O)ccnc3c2C#N)cc(OC)c1C. The van der Waals surface area contributed by atoms with Crippen LogP contribution in [-0.2, 0) is 6.54 Å². The number of hydrogen-bond acceptors (Lipinski definition) is 7. The molecule has 4 aromatic rings. The van der Waals surface area contributed by atoms with Crippen LogP contribution < -0.4 is 9.47 Å². The summed E-state index contributed by atoms with van der Waals surface area (Å²) in [5.41, 5.74) is 3.69. The molecule has 2 aromatic heterocycles. The smallest absolute Gasteiger partial charge is 0.261 e. The maximum absolute atomic E-state index is 12.9. The third-order valence-corrected chi connectivity index (χ3v) is 5.93. The fourth-order valence-electron chi connectivity index (χ4n) is 4.19. The van der Waals surface area contributed by atoms with Gasteiger partial charge in [-0.25, -0.2) is 9.50 Å². The van der Waals surface area contributed by atoms with Crippen LogP contribution in [0, 0.1) is 18.3 Å². The average molecular weight is 453 g/mol. The monoisotopic (exact) mass is 453 g/mol. The van der Waals surface area contributed by atoms with Crippen LogP contribution in [0.25, 0.3) is 16.9 Å². The van der Waals surface area contributed by atoms with E-state index in [4.69, 9.17) is 9.47 Å². The lowest BCUT2D eigenvalue weighted by Gasteiger charge is -2.14. The van der Waals surface area contributed by atoms with Gasteiger partial charge in [0.15, 0.2) is 5.65 Å². The summed E-state index contributed by atoms with van der Waals surface area (Å²) in [4.78, 5) is 31.2. The zero-order chi connectivity index (χ0) is 24.0. The predicted octanol–water partition coefficient (Wildman–Crippen LogP) is 3.39. The Morgan fingerprint density at radius 1 is 1.00 bits per heavy atom. The maximum Gasteiger partial charge on any atom is 0.261 e. The van der Waals surface area contributed by atoms with E-state index in [0.29, 0.717) is 45.2 Å². The number of amides is 2. The number of rotatable bonds is 5. The molecule has 0 saturated carbocycles. The molecule has 1 aliphatic rings. The van der Waals surface area contributed by atoms with E-state index in [2.05, 4.69) is 16.2 Å². The molecule has 168 valence electrons. The van der Waals surface area contributed by atoms with Crippen LogP contribution in [0.5, 0.6) is 11.5 Å². The second-order valence-corrected chi connectivity index (χ2v) is 7.75. The third kappa shape index (κ3) is 3.08. The van der Waals surface area contributed by atoms with Crippen molar-refractivity contribution >= 4 is 17.5 Å². The molecule has 5 rings (SSSR count). The standard InChI is InChI=1S/C25H19N5O4/c1-14-20(33-2)10-15(11-21(14)34-3)22-19(12-26)23-27-9-8-16(30(23)28-22)13-29-24(31)17-6-4-5-7-18(17)25(29)32/h4-11H,13H2,1-3H3. The van der Waals surface area contributed by atoms with E-state index in [9.17, 15) is 14.9 Å². The summed E-state index contributed by atoms with van der Waals surface area (Å²) < 4.78 is 12.4. The van der Waals surface area contributed by atoms with Crippen LogP contribution in [0.15, 0.2) is 48.7 Å². The predicted molar refractivity (Wildman–Crippen MR) is 122 cm³/mol. The molecule has 0 unspecified atom stereocenters. The largest absolute Gasteiger partial charge is 0.496 e. The van der Waals surface area contributed by atoms with Crippen molar-refractivity contribution in [3.63, 3.8) is 0 Å². The van der Waals surface area contributed by atoms with Crippen molar-refractivity contribution in [2.45, 2.75) is 13.5 Å². The molecule has 0 N–H and O–H groups in total. The van der Waals surface area contributed by atoms with E-state index < -0.39 is 0 Å². The summed E-state index contributed by atoms with van der Waals surface area (Å²) in [6, 6.07) is 14.1. The van der Waals surface area contributed by atoms with Crippen LogP contribution in [0.2, 0.25) is 0 Å². The number of nitrogens with zero attached hydrogens (tertiary/aromatic N) is 5. The second-order valence-electron chi connectivity index (χ2n) is 7.75. The minimum absolute atomic E-state index is 0.0160. The normalized spacial score (nSPS) is 12.7. The first-order valence-electron chi connectivity index (χ1n) is 10.4. The van der Waals surface area contributed by atoms with Crippen LogP contribution in [0.4, 0.5) is 0 Å². The van der Waals surface area contributed by atoms with Gasteiger partial charge in [0.1, 0.15) is 28.8 Å². The molecule has 0 atom stereocenters. The Hall–Kier alpha value is -4.71. The van der Waals surface area contributed by atoms with Crippen LogP contribution in [0.3, 0.4) is 0 Å². The van der Waals surface area contributed by atoms with E-state index in [1.807, 2.05) is 6.92 Å². The molecule has 3 heterocycles. The van der Waals surface area contributed by atoms with E-state index in [1.54, 1.807) is 56.7 Å². The summed E-state index contributed by atoms with van der Waals surface area (Å²) in [5, 5.41) is 14.6. The van der Waals surface area contributed by atoms with Gasteiger partial charge in [-0.1, -0.05) is 12.1 Å². The summed E-state index contributed by atoms with van der Waals surface area (Å²) in [7, 11) is 3.12. The van der Waals surface area contributed by atoms with Gasteiger partial charge in [-0.15, -0.1) is 0 Å². The summed E-state index contributed by atoms with van der Waals surface area (Å²) >= 11 is 0. The highest BCUT2D eigenvalue weighted by molar-refractivity contribution is 6.21. The molecule has 34 heavy (non-hydrogen) atoms. The summed E-state index contributed by atoms with van der Waals surface area (Å²) in [6.07, 6.45) is 1.53. The molecule has 0 fully saturated rings. The van der Waals surface area contributed by atoms with Crippen molar-refractivity contribution in [3.8, 4) is 28.8 Å². The Bertz CT molecular complexity index is 1470. The van der Waals surface area contributed by atoms with E-state index in [0.717, 1.165) is 5.56 Å². The van der Waals surface area contributed by atoms with E-state index in [1.165, 1.54) is 15.6 Å². The Morgan fingerprint density at radius 2 is 1.62 bits per heavy atom. The topological polar surface area (TPSA) is 110 Å². The van der Waals surface area contributed by atoms with Crippen molar-refractivity contribution < 1.29 is 19.1 Å². The van der Waals surface area contributed by atoms with Gasteiger partial charge in [-0.3, -0.25) is 14.5 Å². The number of benzene rings is 2. The molecule has 2 amide bonds. The number of fused-ring (bicyclic) bond motifs is 2. The number of carbonyl (C=O) groups is 2. The zero-order valence-corrected chi connectivity index (χ0v) is 18.7. The molecule has 9 nitrogen and oxygen atoms in total. The first-order chi connectivity index (χ1) is 16.5. The van der Waals surface area contributed by atoms with Crippen molar-refractivity contribution in [1.82, 2.24) is 19.5 Å². The molecule has 0 bridgehead atoms. The van der Waals surface area contributed by atoms with Gasteiger partial charge in [0, 0.05) is 17.3 Å². The highest BCUT2D eigenvalue weighted by atomic mass is 16.5. The maximum atomic E-state index is 12.9. The minimum atomic E-state index is -0.369. The van der Waals surface area contributed by atoms with Gasteiger partial charge in [-0.2, -0.15) is 10.4 Å². The highest BCUT2D eigenvalue weighted by Crippen LogP contribution is 2.36. The highest BCUT2D eigenvalue weighted by Gasteiger charge is 2.35. The number of methoxy groups -OCH3 is 2. The quantitative estimate of drug-likeness (QED) is 0.426. The van der Waals surface area contributed by atoms with Gasteiger partial charge in [0.05, 0.1) is 37.6 Å². The van der Waals surface area contributed by atoms with Crippen LogP contribution in [0.1, 0.15) is 37.5 Å². The van der Waals surface area contributed by atoms with Gasteiger partial charge in [0.2, 0.25) is 0 Å². The first kappa shape index (κ1) is 21.2. The molecule has 0 saturated heterocycles. The molecule has 9 heteroatoms. The first-order valence-corrected chi connectivity index (χ1v) is 10.4. The van der Waals surface area contributed by atoms with E-state index in [-0.39, 0.29) is 23.9 Å². The van der Waals surface area contributed by atoms with E-state index >= 15 is 0 Å². The van der Waals surface area contributed by atoms with Gasteiger partial charge >= 0.3 is 0 Å². The number of ether oxygens (including phenoxy) is 2. The second kappa shape index (κ2) is 8.01. The third-order valence-electron chi connectivity index (χ3n) is 5.93. The van der Waals surface area contributed by atoms with Crippen molar-refractivity contribution in [3.05, 3.63) is 76.6 Å². The lowest BCUT2D eigenvalue weighted by atomic mass is 10.0. The number of nitriles is 1. The molecule has 0 spiro atoms. The van der Waals surface area contributed by atoms with Crippen molar-refractivity contribution in [2.24, 2.45) is 0 Å². The van der Waals surface area contributed by atoms with Gasteiger partial charge in [0.25, 0.3) is 11.8 Å². The zero-order valence-electron chi connectivity index (χ0n) is 18.7. The minimum Gasteiger partial charge on any atom is -0.496 e. The molecule has 0 aliphatic carbocycles. The Balaban J connectivity index is 1.62. The number of carbonyl (C=O) groups excluding carboxylic acids is 2. The summed E-state index contributed by atoms with van der Waals surface area (Å²) in [5.74, 6) is 0.446. The molecule has 0 radical (unpaired) electrons. The lowest BCUT2D eigenvalue weighted by molar-refractivity contribution is 0.0639. The molecular formula is C25H19N5O4. The van der Waals surface area contributed by atoms with Crippen molar-refractivity contribution in [1.29, 1.82) is 5.26 Å². The molecule has 2 aromatic carbocycles. The Morgan fingerprint density at radius 3 is 2.18 bits per heavy atom. The number of hydrogen-bond donors (Lipinski definition) is 0. The number of aromatic nitrogens is 3. The summed E-state index contributed by atoms with van der Waals surface area (Å²) in [6.45, 7) is 1.86. The fraction of sp³-hybridized carbons (Fsp3) is 0.160. The fourth-order valence-corrected chi connectivity index (χ4v) is 4.19. The molecular weight excluding hydrogens is 434 g/mol. The van der Waals surface area contributed by atoms with Crippen molar-refractivity contribution in [2.75, 3.05) is 14.2 Å². The van der Waals surface area contributed by atoms with Gasteiger partial charge in [-0.05, 0) is 37.3 Å². The molecule has 1 aliphatic heterocycles. The lowest BCUT2D eigenvalue weighted by Crippen LogP contribution is -2.30. The van der Waals surface area contributed by atoms with Gasteiger partial charge < -0.3 is 9.47 Å². The van der Waals surface area contributed by atoms with Crippen LogP contribution >= 0.6 is 0 Å². The Kier molecular flexibility index (Phi) is 4.98. The Labute approximate surface area is 194 Å². The van der Waals surface area contributed by atoms with Crippen LogP contribution in [-0.4, -0.2) is 45.5 Å². The number of imide groups is 1.